The van der Waals surface area contributed by atoms with Crippen LogP contribution < -0.4 is 10.2 Å². The lowest BCUT2D eigenvalue weighted by Gasteiger charge is -2.23. The number of rotatable bonds is 14. The van der Waals surface area contributed by atoms with Gasteiger partial charge in [0.25, 0.3) is 21.7 Å². The van der Waals surface area contributed by atoms with Gasteiger partial charge >= 0.3 is 5.69 Å². The molecule has 0 aliphatic carbocycles. The molecule has 0 radical (unpaired) electrons. The van der Waals surface area contributed by atoms with Crippen LogP contribution >= 0.6 is 15.9 Å². The summed E-state index contributed by atoms with van der Waals surface area (Å²) >= 11 is 3.16. The Labute approximate surface area is 186 Å². The van der Waals surface area contributed by atoms with E-state index in [0.29, 0.717) is 12.8 Å². The molecule has 1 aromatic rings. The maximum Gasteiger partial charge on any atom is 0.312 e. The lowest BCUT2D eigenvalue weighted by atomic mass is 10.1. The second-order valence-electron chi connectivity index (χ2n) is 6.23. The van der Waals surface area contributed by atoms with E-state index in [1.807, 2.05) is 0 Å². The number of hydrogen-bond donors (Lipinski definition) is 2. The number of carbonyl (C=O) groups excluding carboxylic acids is 1. The van der Waals surface area contributed by atoms with Crippen LogP contribution in [0, 0.1) is 20.2 Å². The molecule has 2 N–H and O–H groups in total. The molecule has 0 spiro atoms. The largest absolute Gasteiger partial charge is 0.396 e. The summed E-state index contributed by atoms with van der Waals surface area (Å²) in [5, 5.41) is 34.9. The molecule has 0 aromatic heterocycles. The third kappa shape index (κ3) is 8.35. The van der Waals surface area contributed by atoms with Gasteiger partial charge in [-0.25, -0.2) is 0 Å². The van der Waals surface area contributed by atoms with Crippen LogP contribution in [0.2, 0.25) is 0 Å². The number of alkyl halides is 1. The maximum atomic E-state index is 12.5. The van der Waals surface area contributed by atoms with E-state index in [0.717, 1.165) is 18.4 Å². The van der Waals surface area contributed by atoms with Crippen molar-refractivity contribution in [2.24, 2.45) is 0 Å². The van der Waals surface area contributed by atoms with Crippen LogP contribution in [0.4, 0.5) is 17.1 Å². The Hall–Kier alpha value is -2.36. The lowest BCUT2D eigenvalue weighted by Crippen LogP contribution is -2.32. The van der Waals surface area contributed by atoms with E-state index in [1.165, 1.54) is 4.90 Å². The monoisotopic (exact) mass is 526 g/mol. The second-order valence-corrected chi connectivity index (χ2v) is 8.67. The third-order valence-corrected chi connectivity index (χ3v) is 4.90. The minimum Gasteiger partial charge on any atom is -0.396 e. The fraction of sp³-hybridized carbons (Fsp3) is 0.562. The zero-order valence-corrected chi connectivity index (χ0v) is 19.1. The summed E-state index contributed by atoms with van der Waals surface area (Å²) < 4.78 is 27.1. The molecule has 174 valence electrons. The van der Waals surface area contributed by atoms with Gasteiger partial charge in [0.15, 0.2) is 5.69 Å². The molecule has 0 atom stereocenters. The Morgan fingerprint density at radius 3 is 2.42 bits per heavy atom. The number of anilines is 1. The van der Waals surface area contributed by atoms with Crippen LogP contribution in [0.5, 0.6) is 0 Å². The predicted octanol–water partition coefficient (Wildman–Crippen LogP) is 1.18. The summed E-state index contributed by atoms with van der Waals surface area (Å²) in [6, 6.07) is 1.99. The SMILES string of the molecule is CS(=O)(=O)OCCN(CCBr)c1c([N+](=O)[O-])ccc(C(=O)NCCCCO)c1[N+](=O)[O-]. The Bertz CT molecular complexity index is 911. The summed E-state index contributed by atoms with van der Waals surface area (Å²) in [5.41, 5.74) is -2.18. The molecule has 0 heterocycles. The fourth-order valence-corrected chi connectivity index (χ4v) is 3.47. The minimum absolute atomic E-state index is 0.0381. The molecular weight excluding hydrogens is 504 g/mol. The van der Waals surface area contributed by atoms with Gasteiger partial charge in [0, 0.05) is 37.6 Å². The van der Waals surface area contributed by atoms with Gasteiger partial charge in [0.1, 0.15) is 5.56 Å². The molecule has 0 saturated carbocycles. The summed E-state index contributed by atoms with van der Waals surface area (Å²) in [6.45, 7) is -0.513. The highest BCUT2D eigenvalue weighted by molar-refractivity contribution is 9.09. The van der Waals surface area contributed by atoms with Crippen LogP contribution in [-0.2, 0) is 14.3 Å². The number of nitrogens with zero attached hydrogens (tertiary/aromatic N) is 3. The standard InChI is InChI=1S/C16H23BrN4O9S/c1-31(28,29)30-11-9-19(8-6-17)15-13(20(24)25)5-4-12(14(15)21(26)27)16(23)18-7-2-3-10-22/h4-5,22H,2-3,6-11H2,1H3,(H,18,23). The molecule has 1 rings (SSSR count). The normalized spacial score (nSPS) is 11.2. The number of halogens is 1. The molecule has 0 aliphatic heterocycles. The Kier molecular flexibility index (Phi) is 10.7. The van der Waals surface area contributed by atoms with Crippen molar-refractivity contribution >= 4 is 49.0 Å². The number of benzene rings is 1. The highest BCUT2D eigenvalue weighted by Gasteiger charge is 2.35. The fourth-order valence-electron chi connectivity index (χ4n) is 2.67. The minimum atomic E-state index is -3.79. The van der Waals surface area contributed by atoms with E-state index in [1.54, 1.807) is 0 Å². The van der Waals surface area contributed by atoms with E-state index in [-0.39, 0.29) is 37.1 Å². The Balaban J connectivity index is 3.45. The molecule has 1 aromatic carbocycles. The van der Waals surface area contributed by atoms with Gasteiger partial charge in [0.05, 0.1) is 22.7 Å². The number of aliphatic hydroxyl groups excluding tert-OH is 1. The number of unbranched alkanes of at least 4 members (excludes halogenated alkanes) is 1. The highest BCUT2D eigenvalue weighted by Crippen LogP contribution is 2.40. The number of nitro groups is 2. The van der Waals surface area contributed by atoms with Gasteiger partial charge in [-0.05, 0) is 18.9 Å². The van der Waals surface area contributed by atoms with E-state index in [2.05, 4.69) is 25.4 Å². The van der Waals surface area contributed by atoms with E-state index in [4.69, 9.17) is 5.11 Å². The summed E-state index contributed by atoms with van der Waals surface area (Å²) in [7, 11) is -3.79. The van der Waals surface area contributed by atoms with Crippen molar-refractivity contribution in [2.75, 3.05) is 49.3 Å². The molecule has 13 nitrogen and oxygen atoms in total. The molecule has 0 bridgehead atoms. The molecule has 31 heavy (non-hydrogen) atoms. The summed E-state index contributed by atoms with van der Waals surface area (Å²) in [6.07, 6.45) is 1.69. The first-order chi connectivity index (χ1) is 14.5. The van der Waals surface area contributed by atoms with Crippen molar-refractivity contribution in [3.05, 3.63) is 37.9 Å². The number of nitrogens with one attached hydrogen (secondary N) is 1. The van der Waals surface area contributed by atoms with E-state index >= 15 is 0 Å². The molecule has 0 saturated heterocycles. The van der Waals surface area contributed by atoms with E-state index in [9.17, 15) is 33.4 Å². The summed E-state index contributed by atoms with van der Waals surface area (Å²) in [5.74, 6) is -0.799. The van der Waals surface area contributed by atoms with Gasteiger partial charge < -0.3 is 15.3 Å². The molecular formula is C16H23BrN4O9S. The van der Waals surface area contributed by atoms with Crippen molar-refractivity contribution in [1.29, 1.82) is 0 Å². The molecule has 15 heteroatoms. The van der Waals surface area contributed by atoms with Crippen molar-refractivity contribution < 1.29 is 32.3 Å². The first kappa shape index (κ1) is 26.7. The predicted molar refractivity (Wildman–Crippen MR) is 115 cm³/mol. The third-order valence-electron chi connectivity index (χ3n) is 3.95. The highest BCUT2D eigenvalue weighted by atomic mass is 79.9. The average molecular weight is 527 g/mol. The molecule has 0 aliphatic rings. The number of aliphatic hydroxyl groups is 1. The smallest absolute Gasteiger partial charge is 0.312 e. The van der Waals surface area contributed by atoms with Crippen LogP contribution in [0.1, 0.15) is 23.2 Å². The van der Waals surface area contributed by atoms with Crippen molar-refractivity contribution in [3.63, 3.8) is 0 Å². The quantitative estimate of drug-likeness (QED) is 0.117. The molecule has 0 fully saturated rings. The van der Waals surface area contributed by atoms with Crippen LogP contribution in [-0.4, -0.2) is 73.7 Å². The lowest BCUT2D eigenvalue weighted by molar-refractivity contribution is -0.392. The molecule has 1 amide bonds. The number of carbonyl (C=O) groups is 1. The molecule has 0 unspecified atom stereocenters. The first-order valence-corrected chi connectivity index (χ1v) is 12.0. The van der Waals surface area contributed by atoms with Crippen molar-refractivity contribution in [1.82, 2.24) is 5.32 Å². The zero-order valence-electron chi connectivity index (χ0n) is 16.7. The van der Waals surface area contributed by atoms with E-state index < -0.39 is 49.5 Å². The van der Waals surface area contributed by atoms with Gasteiger partial charge in [0.2, 0.25) is 0 Å². The van der Waals surface area contributed by atoms with Crippen molar-refractivity contribution in [3.8, 4) is 0 Å². The first-order valence-electron chi connectivity index (χ1n) is 9.03. The number of hydrogen-bond acceptors (Lipinski definition) is 10. The van der Waals surface area contributed by atoms with Gasteiger partial charge in [-0.15, -0.1) is 0 Å². The van der Waals surface area contributed by atoms with Crippen LogP contribution in [0.15, 0.2) is 12.1 Å². The second kappa shape index (κ2) is 12.5. The van der Waals surface area contributed by atoms with Crippen LogP contribution in [0.25, 0.3) is 0 Å². The zero-order chi connectivity index (χ0) is 23.6. The topological polar surface area (TPSA) is 182 Å². The van der Waals surface area contributed by atoms with Gasteiger partial charge in [-0.2, -0.15) is 8.42 Å². The average Bonchev–Trinajstić information content (AvgIpc) is 2.68. The Morgan fingerprint density at radius 2 is 1.90 bits per heavy atom. The Morgan fingerprint density at radius 1 is 1.23 bits per heavy atom. The van der Waals surface area contributed by atoms with Gasteiger partial charge in [-0.1, -0.05) is 15.9 Å². The van der Waals surface area contributed by atoms with Gasteiger partial charge in [-0.3, -0.25) is 29.2 Å². The number of amides is 1. The maximum absolute atomic E-state index is 12.5. The number of nitro benzene ring substituents is 2. The van der Waals surface area contributed by atoms with Crippen LogP contribution in [0.3, 0.4) is 0 Å². The van der Waals surface area contributed by atoms with Crippen molar-refractivity contribution in [2.45, 2.75) is 12.8 Å². The summed E-state index contributed by atoms with van der Waals surface area (Å²) in [4.78, 5) is 35.4.